The minimum Gasteiger partial charge on any atom is -0.381 e. The Morgan fingerprint density at radius 3 is 2.64 bits per heavy atom. The van der Waals surface area contributed by atoms with Crippen molar-refractivity contribution in [3.8, 4) is 0 Å². The van der Waals surface area contributed by atoms with Crippen LogP contribution in [0.3, 0.4) is 0 Å². The molecule has 0 bridgehead atoms. The quantitative estimate of drug-likeness (QED) is 0.171. The summed E-state index contributed by atoms with van der Waals surface area (Å²) in [7, 11) is 0. The van der Waals surface area contributed by atoms with E-state index in [1.807, 2.05) is 0 Å². The van der Waals surface area contributed by atoms with Crippen LogP contribution in [0.4, 0.5) is 0 Å². The molecule has 2 saturated heterocycles. The highest BCUT2D eigenvalue weighted by atomic mass is 127. The summed E-state index contributed by atoms with van der Waals surface area (Å²) in [4.78, 5) is 7.25. The predicted octanol–water partition coefficient (Wildman–Crippen LogP) is 4.66. The first kappa shape index (κ1) is 28.3. The van der Waals surface area contributed by atoms with E-state index in [4.69, 9.17) is 19.2 Å². The zero-order valence-electron chi connectivity index (χ0n) is 20.4. The standard InChI is InChI=1S/C26H43N3O3.HI/c1-2-27-26(28-16-7-9-19-30-21-15-23-10-4-3-5-11-23)29-17-13-24(14-18-29)32-22-25-12-6-8-20-31-25;/h3-5,10-11,24-25H,2,6-9,12-22H2,1H3,(H,27,28);1H. The van der Waals surface area contributed by atoms with Crippen LogP contribution in [0.2, 0.25) is 0 Å². The molecule has 1 atom stereocenters. The van der Waals surface area contributed by atoms with E-state index in [1.165, 1.54) is 18.4 Å². The first-order valence-corrected chi connectivity index (χ1v) is 12.7. The maximum Gasteiger partial charge on any atom is 0.193 e. The molecular formula is C26H44IN3O3. The summed E-state index contributed by atoms with van der Waals surface area (Å²) in [6.07, 6.45) is 9.50. The predicted molar refractivity (Wildman–Crippen MR) is 146 cm³/mol. The lowest BCUT2D eigenvalue weighted by Gasteiger charge is -2.35. The minimum atomic E-state index is 0. The Labute approximate surface area is 217 Å². The maximum atomic E-state index is 6.16. The third-order valence-corrected chi connectivity index (χ3v) is 6.20. The lowest BCUT2D eigenvalue weighted by atomic mass is 10.1. The molecule has 188 valence electrons. The van der Waals surface area contributed by atoms with Gasteiger partial charge in [0.15, 0.2) is 5.96 Å². The molecule has 2 aliphatic heterocycles. The summed E-state index contributed by atoms with van der Waals surface area (Å²) in [5.74, 6) is 1.05. The zero-order valence-corrected chi connectivity index (χ0v) is 22.7. The Hall–Kier alpha value is -0.900. The minimum absolute atomic E-state index is 0. The number of halogens is 1. The average Bonchev–Trinajstić information content (AvgIpc) is 2.85. The van der Waals surface area contributed by atoms with Crippen molar-refractivity contribution in [2.75, 3.05) is 52.6 Å². The summed E-state index contributed by atoms with van der Waals surface area (Å²) < 4.78 is 17.7. The third-order valence-electron chi connectivity index (χ3n) is 6.20. The first-order valence-electron chi connectivity index (χ1n) is 12.7. The molecular weight excluding hydrogens is 529 g/mol. The Morgan fingerprint density at radius 1 is 1.09 bits per heavy atom. The van der Waals surface area contributed by atoms with Gasteiger partial charge in [-0.1, -0.05) is 30.3 Å². The van der Waals surface area contributed by atoms with Gasteiger partial charge in [-0.25, -0.2) is 0 Å². The lowest BCUT2D eigenvalue weighted by molar-refractivity contribution is -0.0721. The summed E-state index contributed by atoms with van der Waals surface area (Å²) >= 11 is 0. The van der Waals surface area contributed by atoms with Gasteiger partial charge < -0.3 is 24.4 Å². The fraction of sp³-hybridized carbons (Fsp3) is 0.731. The number of benzene rings is 1. The summed E-state index contributed by atoms with van der Waals surface area (Å²) in [6.45, 7) is 9.15. The van der Waals surface area contributed by atoms with E-state index in [9.17, 15) is 0 Å². The number of rotatable bonds is 12. The zero-order chi connectivity index (χ0) is 22.3. The normalized spacial score (nSPS) is 19.8. The van der Waals surface area contributed by atoms with Crippen LogP contribution >= 0.6 is 24.0 Å². The van der Waals surface area contributed by atoms with Crippen LogP contribution in [0.1, 0.15) is 57.4 Å². The van der Waals surface area contributed by atoms with Gasteiger partial charge in [0.2, 0.25) is 0 Å². The van der Waals surface area contributed by atoms with Gasteiger partial charge in [0.1, 0.15) is 0 Å². The van der Waals surface area contributed by atoms with Gasteiger partial charge in [-0.15, -0.1) is 24.0 Å². The van der Waals surface area contributed by atoms with Crippen molar-refractivity contribution in [1.82, 2.24) is 10.2 Å². The molecule has 2 fully saturated rings. The second kappa shape index (κ2) is 17.5. The fourth-order valence-electron chi connectivity index (χ4n) is 4.28. The van der Waals surface area contributed by atoms with Crippen molar-refractivity contribution in [2.24, 2.45) is 4.99 Å². The molecule has 6 nitrogen and oxygen atoms in total. The summed E-state index contributed by atoms with van der Waals surface area (Å²) in [5, 5.41) is 3.46. The second-order valence-corrected chi connectivity index (χ2v) is 8.80. The molecule has 33 heavy (non-hydrogen) atoms. The summed E-state index contributed by atoms with van der Waals surface area (Å²) in [5.41, 5.74) is 1.34. The molecule has 1 unspecified atom stereocenters. The highest BCUT2D eigenvalue weighted by Crippen LogP contribution is 2.18. The van der Waals surface area contributed by atoms with Crippen LogP contribution in [-0.4, -0.2) is 75.7 Å². The van der Waals surface area contributed by atoms with E-state index in [-0.39, 0.29) is 24.0 Å². The van der Waals surface area contributed by atoms with Crippen LogP contribution in [0.15, 0.2) is 35.3 Å². The molecule has 7 heteroatoms. The molecule has 2 heterocycles. The van der Waals surface area contributed by atoms with Crippen LogP contribution < -0.4 is 5.32 Å². The lowest BCUT2D eigenvalue weighted by Crippen LogP contribution is -2.47. The molecule has 1 N–H and O–H groups in total. The van der Waals surface area contributed by atoms with Gasteiger partial charge in [0.25, 0.3) is 0 Å². The molecule has 3 rings (SSSR count). The van der Waals surface area contributed by atoms with E-state index in [1.54, 1.807) is 0 Å². The van der Waals surface area contributed by atoms with Crippen molar-refractivity contribution in [3.63, 3.8) is 0 Å². The number of likely N-dealkylation sites (tertiary alicyclic amines) is 1. The van der Waals surface area contributed by atoms with Gasteiger partial charge in [-0.2, -0.15) is 0 Å². The van der Waals surface area contributed by atoms with Gasteiger partial charge in [0.05, 0.1) is 25.4 Å². The highest BCUT2D eigenvalue weighted by Gasteiger charge is 2.23. The van der Waals surface area contributed by atoms with Crippen molar-refractivity contribution < 1.29 is 14.2 Å². The van der Waals surface area contributed by atoms with Crippen LogP contribution in [0.5, 0.6) is 0 Å². The molecule has 0 saturated carbocycles. The number of guanidine groups is 1. The molecule has 1 aromatic rings. The molecule has 0 radical (unpaired) electrons. The Kier molecular flexibility index (Phi) is 15.0. The first-order chi connectivity index (χ1) is 15.8. The number of ether oxygens (including phenoxy) is 3. The topological polar surface area (TPSA) is 55.3 Å². The van der Waals surface area contributed by atoms with Crippen molar-refractivity contribution in [2.45, 2.75) is 70.5 Å². The SMILES string of the molecule is CCNC(=NCCCCOCCc1ccccc1)N1CCC(OCC2CCCCO2)CC1.I. The smallest absolute Gasteiger partial charge is 0.193 e. The van der Waals surface area contributed by atoms with Gasteiger partial charge in [-0.3, -0.25) is 4.99 Å². The van der Waals surface area contributed by atoms with E-state index in [0.717, 1.165) is 97.1 Å². The average molecular weight is 574 g/mol. The fourth-order valence-corrected chi connectivity index (χ4v) is 4.28. The van der Waals surface area contributed by atoms with E-state index in [2.05, 4.69) is 47.5 Å². The molecule has 0 aromatic heterocycles. The van der Waals surface area contributed by atoms with E-state index >= 15 is 0 Å². The molecule has 0 spiro atoms. The van der Waals surface area contributed by atoms with Crippen LogP contribution in [0, 0.1) is 0 Å². The van der Waals surface area contributed by atoms with Crippen LogP contribution in [0.25, 0.3) is 0 Å². The van der Waals surface area contributed by atoms with Gasteiger partial charge in [0, 0.05) is 39.4 Å². The number of piperidine rings is 1. The van der Waals surface area contributed by atoms with Crippen molar-refractivity contribution in [3.05, 3.63) is 35.9 Å². The van der Waals surface area contributed by atoms with E-state index in [0.29, 0.717) is 12.2 Å². The third kappa shape index (κ3) is 11.4. The number of unbranched alkanes of at least 4 members (excludes halogenated alkanes) is 1. The Morgan fingerprint density at radius 2 is 1.91 bits per heavy atom. The van der Waals surface area contributed by atoms with E-state index < -0.39 is 0 Å². The largest absolute Gasteiger partial charge is 0.381 e. The molecule has 2 aliphatic rings. The number of hydrogen-bond donors (Lipinski definition) is 1. The monoisotopic (exact) mass is 573 g/mol. The van der Waals surface area contributed by atoms with Gasteiger partial charge >= 0.3 is 0 Å². The second-order valence-electron chi connectivity index (χ2n) is 8.80. The number of hydrogen-bond acceptors (Lipinski definition) is 4. The van der Waals surface area contributed by atoms with Crippen LogP contribution in [-0.2, 0) is 20.6 Å². The maximum absolute atomic E-state index is 6.16. The number of nitrogens with zero attached hydrogens (tertiary/aromatic N) is 2. The van der Waals surface area contributed by atoms with Gasteiger partial charge in [-0.05, 0) is 63.9 Å². The molecule has 0 amide bonds. The number of aliphatic imine (C=N–C) groups is 1. The molecule has 1 aromatic carbocycles. The van der Waals surface area contributed by atoms with Crippen molar-refractivity contribution in [1.29, 1.82) is 0 Å². The number of nitrogens with one attached hydrogen (secondary N) is 1. The van der Waals surface area contributed by atoms with Crippen molar-refractivity contribution >= 4 is 29.9 Å². The highest BCUT2D eigenvalue weighted by molar-refractivity contribution is 14.0. The Balaban J connectivity index is 0.00000385. The Bertz CT molecular complexity index is 633. The summed E-state index contributed by atoms with van der Waals surface area (Å²) in [6, 6.07) is 10.5. The molecule has 0 aliphatic carbocycles.